The first-order valence-corrected chi connectivity index (χ1v) is 20.7. The van der Waals surface area contributed by atoms with Crippen LogP contribution in [-0.4, -0.2) is 155 Å². The van der Waals surface area contributed by atoms with Crippen molar-refractivity contribution < 1.29 is 69.4 Å². The minimum atomic E-state index is -1.85. The van der Waals surface area contributed by atoms with Gasteiger partial charge in [0.15, 0.2) is 18.8 Å². The van der Waals surface area contributed by atoms with Gasteiger partial charge in [-0.1, -0.05) is 77.2 Å². The van der Waals surface area contributed by atoms with Crippen LogP contribution in [0.3, 0.4) is 0 Å². The Hall–Kier alpha value is -3.12. The topological polar surface area (TPSA) is 312 Å². The highest BCUT2D eigenvalue weighted by Gasteiger charge is 2.53. The van der Waals surface area contributed by atoms with Crippen LogP contribution in [0.4, 0.5) is 0 Å². The molecule has 59 heavy (non-hydrogen) atoms. The Morgan fingerprint density at radius 2 is 1.36 bits per heavy atom. The van der Waals surface area contributed by atoms with Gasteiger partial charge in [-0.05, 0) is 18.9 Å². The van der Waals surface area contributed by atoms with Gasteiger partial charge in [-0.3, -0.25) is 23.9 Å². The van der Waals surface area contributed by atoms with Gasteiger partial charge >= 0.3 is 5.69 Å². The third kappa shape index (κ3) is 13.4. The van der Waals surface area contributed by atoms with Crippen LogP contribution in [0.15, 0.2) is 34.0 Å². The van der Waals surface area contributed by atoms with Crippen LogP contribution in [-0.2, 0) is 28.5 Å². The molecule has 20 nitrogen and oxygen atoms in total. The fourth-order valence-corrected chi connectivity index (χ4v) is 7.68. The Bertz CT molecular complexity index is 1590. The zero-order valence-corrected chi connectivity index (χ0v) is 33.7. The molecule has 0 radical (unpaired) electrons. The number of hydrogen-bond donors (Lipinski definition) is 11. The van der Waals surface area contributed by atoms with E-state index < -0.39 is 128 Å². The second kappa shape index (κ2) is 23.8. The number of aliphatic hydroxyl groups is 8. The van der Waals surface area contributed by atoms with Crippen molar-refractivity contribution in [2.24, 2.45) is 0 Å². The van der Waals surface area contributed by atoms with Gasteiger partial charge in [0.05, 0.1) is 18.8 Å². The molecule has 3 aliphatic rings. The van der Waals surface area contributed by atoms with Crippen molar-refractivity contribution in [3.05, 3.63) is 45.3 Å². The highest BCUT2D eigenvalue weighted by molar-refractivity contribution is 5.87. The molecule has 0 saturated carbocycles. The predicted octanol–water partition coefficient (Wildman–Crippen LogP) is -1.94. The smallest absolute Gasteiger partial charge is 0.330 e. The van der Waals surface area contributed by atoms with Crippen LogP contribution < -0.4 is 21.9 Å². The van der Waals surface area contributed by atoms with E-state index in [1.165, 1.54) is 51.0 Å². The first kappa shape index (κ1) is 48.5. The quantitative estimate of drug-likeness (QED) is 0.0447. The molecule has 1 aromatic heterocycles. The van der Waals surface area contributed by atoms with Gasteiger partial charge in [-0.2, -0.15) is 0 Å². The van der Waals surface area contributed by atoms with Crippen molar-refractivity contribution in [2.75, 3.05) is 6.61 Å². The van der Waals surface area contributed by atoms with Gasteiger partial charge in [-0.15, -0.1) is 0 Å². The number of carbonyl (C=O) groups excluding carboxylic acids is 2. The molecule has 3 aliphatic heterocycles. The number of unbranched alkanes of at least 4 members (excludes halogenated alkanes) is 11. The maximum Gasteiger partial charge on any atom is 0.330 e. The van der Waals surface area contributed by atoms with E-state index in [0.29, 0.717) is 6.42 Å². The summed E-state index contributed by atoms with van der Waals surface area (Å²) in [4.78, 5) is 51.1. The normalized spacial score (nSPS) is 34.2. The highest BCUT2D eigenvalue weighted by Crippen LogP contribution is 2.34. The lowest BCUT2D eigenvalue weighted by molar-refractivity contribution is -0.346. The number of aromatic amines is 1. The van der Waals surface area contributed by atoms with Crippen molar-refractivity contribution in [3.8, 4) is 0 Å². The lowest BCUT2D eigenvalue weighted by atomic mass is 9.91. The van der Waals surface area contributed by atoms with Crippen LogP contribution in [0.5, 0.6) is 0 Å². The van der Waals surface area contributed by atoms with Gasteiger partial charge in [0.2, 0.25) is 11.8 Å². The van der Waals surface area contributed by atoms with E-state index in [1.807, 2.05) is 4.98 Å². The molecular formula is C39H64N4O16. The molecular weight excluding hydrogens is 780 g/mol. The fourth-order valence-electron chi connectivity index (χ4n) is 7.68. The molecule has 0 aliphatic carbocycles. The van der Waals surface area contributed by atoms with Crippen molar-refractivity contribution in [1.82, 2.24) is 20.2 Å². The maximum absolute atomic E-state index is 13.1. The van der Waals surface area contributed by atoms with Gasteiger partial charge in [0, 0.05) is 25.6 Å². The van der Waals surface area contributed by atoms with E-state index in [0.717, 1.165) is 49.4 Å². The minimum absolute atomic E-state index is 0.597. The second-order valence-corrected chi connectivity index (χ2v) is 15.6. The molecule has 0 spiro atoms. The summed E-state index contributed by atoms with van der Waals surface area (Å²) in [5, 5.41) is 91.4. The molecule has 3 fully saturated rings. The average molecular weight is 845 g/mol. The first-order chi connectivity index (χ1) is 28.2. The van der Waals surface area contributed by atoms with Crippen LogP contribution in [0, 0.1) is 0 Å². The van der Waals surface area contributed by atoms with Gasteiger partial charge in [0.25, 0.3) is 5.56 Å². The Balaban J connectivity index is 1.44. The number of carbonyl (C=O) groups is 2. The number of H-pyrrole nitrogens is 1. The molecule has 4 rings (SSSR count). The lowest BCUT2D eigenvalue weighted by Crippen LogP contribution is -2.68. The molecule has 20 heteroatoms. The standard InChI is InChI=1S/C39H64N4O16/c1-3-4-5-6-7-8-9-10-11-12-13-14-15-16-25(47)41-28-32(52)29(49)23(56-38(28)59-37-27(40-21(2)45)31(51)30(50)24(20-44)57-37)19-22(46)35-33(53)34(54)36(58-35)43-18-17-26(48)42-39(43)55/h15-18,22-24,27-38,44,46,49-54H,3-14,19-20H2,1-2H3,(H,40,45)(H,41,47)(H,42,48,55)/b16-15+/t22-,23+,24+,27-,28-,29+,30-,31+,32+,33-,34+,35-,36-,37-,38-/m0/s1. The molecule has 4 heterocycles. The third-order valence-electron chi connectivity index (χ3n) is 11.0. The summed E-state index contributed by atoms with van der Waals surface area (Å²) in [5.41, 5.74) is -1.68. The van der Waals surface area contributed by atoms with Crippen LogP contribution in [0.25, 0.3) is 0 Å². The van der Waals surface area contributed by atoms with E-state index in [4.69, 9.17) is 18.9 Å². The van der Waals surface area contributed by atoms with E-state index in [2.05, 4.69) is 17.6 Å². The summed E-state index contributed by atoms with van der Waals surface area (Å²) >= 11 is 0. The van der Waals surface area contributed by atoms with E-state index in [1.54, 1.807) is 6.08 Å². The molecule has 0 aromatic carbocycles. The summed E-state index contributed by atoms with van der Waals surface area (Å²) < 4.78 is 24.1. The number of ether oxygens (including phenoxy) is 4. The number of allylic oxidation sites excluding steroid dienone is 1. The number of hydrogen-bond acceptors (Lipinski definition) is 16. The minimum Gasteiger partial charge on any atom is -0.394 e. The van der Waals surface area contributed by atoms with Gasteiger partial charge < -0.3 is 70.4 Å². The van der Waals surface area contributed by atoms with Crippen LogP contribution >= 0.6 is 0 Å². The molecule has 0 bridgehead atoms. The van der Waals surface area contributed by atoms with Crippen molar-refractivity contribution >= 4 is 11.8 Å². The summed E-state index contributed by atoms with van der Waals surface area (Å²) in [6, 6.07) is -2.01. The number of nitrogens with zero attached hydrogens (tertiary/aromatic N) is 1. The van der Waals surface area contributed by atoms with Gasteiger partial charge in [-0.25, -0.2) is 4.79 Å². The lowest BCUT2D eigenvalue weighted by Gasteiger charge is -2.47. The molecule has 1 aromatic rings. The Kier molecular flexibility index (Phi) is 19.6. The van der Waals surface area contributed by atoms with E-state index >= 15 is 0 Å². The predicted molar refractivity (Wildman–Crippen MR) is 207 cm³/mol. The van der Waals surface area contributed by atoms with Crippen LogP contribution in [0.1, 0.15) is 104 Å². The number of aliphatic hydroxyl groups excluding tert-OH is 8. The maximum atomic E-state index is 13.1. The zero-order chi connectivity index (χ0) is 43.2. The second-order valence-electron chi connectivity index (χ2n) is 15.6. The number of aromatic nitrogens is 2. The van der Waals surface area contributed by atoms with Crippen molar-refractivity contribution in [1.29, 1.82) is 0 Å². The molecule has 2 amide bonds. The molecule has 0 unspecified atom stereocenters. The largest absolute Gasteiger partial charge is 0.394 e. The monoisotopic (exact) mass is 844 g/mol. The molecule has 3 saturated heterocycles. The summed E-state index contributed by atoms with van der Waals surface area (Å²) in [7, 11) is 0. The zero-order valence-electron chi connectivity index (χ0n) is 33.7. The average Bonchev–Trinajstić information content (AvgIpc) is 3.49. The van der Waals surface area contributed by atoms with E-state index in [9.17, 15) is 60.0 Å². The number of nitrogens with one attached hydrogen (secondary N) is 3. The highest BCUT2D eigenvalue weighted by atomic mass is 16.8. The summed E-state index contributed by atoms with van der Waals surface area (Å²) in [5.74, 6) is -1.35. The summed E-state index contributed by atoms with van der Waals surface area (Å²) in [6.45, 7) is 2.55. The SMILES string of the molecule is CCCCCCCCCCCCC/C=C/C(=O)N[C@@H]1[C@H](O[C@@H]2O[C@H](CO)[C@H](O)[C@H](O)[C@@H]2NC(C)=O)O[C@H](C[C@H](O)[C@@H]2O[C@H](n3ccc(=O)[nH]c3=O)[C@H](O)[C@@H]2O)[C@@H](O)[C@@H]1O. The fraction of sp³-hybridized carbons (Fsp3) is 0.795. The third-order valence-corrected chi connectivity index (χ3v) is 11.0. The molecule has 11 N–H and O–H groups in total. The number of rotatable bonds is 22. The first-order valence-electron chi connectivity index (χ1n) is 20.7. The Labute approximate surface area is 342 Å². The van der Waals surface area contributed by atoms with Gasteiger partial charge in [0.1, 0.15) is 60.9 Å². The van der Waals surface area contributed by atoms with E-state index in [-0.39, 0.29) is 0 Å². The van der Waals surface area contributed by atoms with Crippen LogP contribution in [0.2, 0.25) is 0 Å². The van der Waals surface area contributed by atoms with Crippen molar-refractivity contribution in [2.45, 2.75) is 189 Å². The Morgan fingerprint density at radius 1 is 0.797 bits per heavy atom. The summed E-state index contributed by atoms with van der Waals surface area (Å²) in [6.07, 6.45) is -5.00. The molecule has 336 valence electrons. The number of amides is 2. The van der Waals surface area contributed by atoms with Crippen molar-refractivity contribution in [3.63, 3.8) is 0 Å². The molecule has 15 atom stereocenters. The Morgan fingerprint density at radius 3 is 1.93 bits per heavy atom.